The third-order valence-corrected chi connectivity index (χ3v) is 2.15. The summed E-state index contributed by atoms with van der Waals surface area (Å²) >= 11 is 0. The molecule has 0 amide bonds. The second kappa shape index (κ2) is 4.65. The van der Waals surface area contributed by atoms with Gasteiger partial charge in [-0.05, 0) is 6.92 Å². The quantitative estimate of drug-likeness (QED) is 0.767. The Labute approximate surface area is 88.0 Å². The molecular formula is C11H12FNO2. The van der Waals surface area contributed by atoms with Crippen LogP contribution >= 0.6 is 0 Å². The van der Waals surface area contributed by atoms with Crippen molar-refractivity contribution in [3.63, 3.8) is 0 Å². The number of nitriles is 1. The normalized spacial score (nSPS) is 11.7. The van der Waals surface area contributed by atoms with Gasteiger partial charge in [-0.3, -0.25) is 0 Å². The van der Waals surface area contributed by atoms with E-state index in [1.54, 1.807) is 13.0 Å². The van der Waals surface area contributed by atoms with Gasteiger partial charge in [-0.2, -0.15) is 5.26 Å². The van der Waals surface area contributed by atoms with Crippen LogP contribution < -0.4 is 9.47 Å². The van der Waals surface area contributed by atoms with E-state index < -0.39 is 11.7 Å². The first kappa shape index (κ1) is 11.3. The van der Waals surface area contributed by atoms with E-state index in [4.69, 9.17) is 14.7 Å². The zero-order valence-electron chi connectivity index (χ0n) is 8.87. The molecular weight excluding hydrogens is 197 g/mol. The summed E-state index contributed by atoms with van der Waals surface area (Å²) in [4.78, 5) is 0. The van der Waals surface area contributed by atoms with E-state index in [1.165, 1.54) is 20.3 Å². The highest BCUT2D eigenvalue weighted by atomic mass is 19.1. The van der Waals surface area contributed by atoms with Crippen molar-refractivity contribution in [3.05, 3.63) is 23.5 Å². The molecule has 1 unspecified atom stereocenters. The van der Waals surface area contributed by atoms with Crippen molar-refractivity contribution in [1.82, 2.24) is 0 Å². The molecule has 0 aliphatic rings. The van der Waals surface area contributed by atoms with Crippen LogP contribution in [0, 0.1) is 17.1 Å². The maximum absolute atomic E-state index is 13.6. The number of rotatable bonds is 3. The minimum absolute atomic E-state index is 0.265. The average Bonchev–Trinajstić information content (AvgIpc) is 2.26. The van der Waals surface area contributed by atoms with Crippen LogP contribution in [0.25, 0.3) is 0 Å². The molecule has 3 nitrogen and oxygen atoms in total. The largest absolute Gasteiger partial charge is 0.497 e. The molecule has 1 aromatic carbocycles. The van der Waals surface area contributed by atoms with Crippen molar-refractivity contribution in [3.8, 4) is 17.6 Å². The second-order valence-corrected chi connectivity index (χ2v) is 3.08. The predicted octanol–water partition coefficient (Wildman–Crippen LogP) is 2.47. The van der Waals surface area contributed by atoms with E-state index in [2.05, 4.69) is 0 Å². The molecule has 1 aromatic rings. The predicted molar refractivity (Wildman–Crippen MR) is 53.5 cm³/mol. The summed E-state index contributed by atoms with van der Waals surface area (Å²) in [5, 5.41) is 8.76. The van der Waals surface area contributed by atoms with Crippen LogP contribution in [-0.2, 0) is 0 Å². The average molecular weight is 209 g/mol. The fraction of sp³-hybridized carbons (Fsp3) is 0.364. The first-order valence-corrected chi connectivity index (χ1v) is 4.45. The minimum Gasteiger partial charge on any atom is -0.497 e. The van der Waals surface area contributed by atoms with Crippen LogP contribution in [0.2, 0.25) is 0 Å². The lowest BCUT2D eigenvalue weighted by Gasteiger charge is -2.12. The number of ether oxygens (including phenoxy) is 2. The Balaban J connectivity index is 3.32. The lowest BCUT2D eigenvalue weighted by Crippen LogP contribution is -2.00. The summed E-state index contributed by atoms with van der Waals surface area (Å²) in [6, 6.07) is 4.78. The van der Waals surface area contributed by atoms with E-state index in [9.17, 15) is 4.39 Å². The maximum Gasteiger partial charge on any atom is 0.135 e. The first-order chi connectivity index (χ1) is 7.13. The number of halogens is 1. The number of hydrogen-bond acceptors (Lipinski definition) is 3. The summed E-state index contributed by atoms with van der Waals surface area (Å²) in [5.74, 6) is -0.328. The van der Waals surface area contributed by atoms with Crippen molar-refractivity contribution >= 4 is 0 Å². The Bertz CT molecular complexity index is 398. The van der Waals surface area contributed by atoms with Gasteiger partial charge in [0.15, 0.2) is 0 Å². The Morgan fingerprint density at radius 1 is 1.33 bits per heavy atom. The van der Waals surface area contributed by atoms with E-state index in [0.29, 0.717) is 11.5 Å². The van der Waals surface area contributed by atoms with Gasteiger partial charge in [-0.25, -0.2) is 4.39 Å². The third kappa shape index (κ3) is 2.18. The minimum atomic E-state index is -0.550. The van der Waals surface area contributed by atoms with Gasteiger partial charge < -0.3 is 9.47 Å². The first-order valence-electron chi connectivity index (χ1n) is 4.45. The Hall–Kier alpha value is -1.76. The van der Waals surface area contributed by atoms with Crippen LogP contribution in [0.15, 0.2) is 12.1 Å². The van der Waals surface area contributed by atoms with Crippen molar-refractivity contribution in [2.45, 2.75) is 12.8 Å². The number of methoxy groups -OCH3 is 2. The van der Waals surface area contributed by atoms with Crippen LogP contribution in [0.1, 0.15) is 18.4 Å². The third-order valence-electron chi connectivity index (χ3n) is 2.15. The number of benzene rings is 1. The zero-order valence-corrected chi connectivity index (χ0v) is 8.87. The molecule has 0 radical (unpaired) electrons. The summed E-state index contributed by atoms with van der Waals surface area (Å²) in [7, 11) is 2.88. The summed E-state index contributed by atoms with van der Waals surface area (Å²) in [6.45, 7) is 1.62. The molecule has 0 bridgehead atoms. The molecule has 80 valence electrons. The van der Waals surface area contributed by atoms with Gasteiger partial charge >= 0.3 is 0 Å². The lowest BCUT2D eigenvalue weighted by atomic mass is 10.0. The van der Waals surface area contributed by atoms with Crippen LogP contribution in [-0.4, -0.2) is 14.2 Å². The van der Waals surface area contributed by atoms with Gasteiger partial charge in [-0.1, -0.05) is 0 Å². The van der Waals surface area contributed by atoms with Gasteiger partial charge in [0.1, 0.15) is 17.3 Å². The molecule has 1 atom stereocenters. The summed E-state index contributed by atoms with van der Waals surface area (Å²) in [5.41, 5.74) is 0.265. The molecule has 0 N–H and O–H groups in total. The highest BCUT2D eigenvalue weighted by Crippen LogP contribution is 2.32. The Morgan fingerprint density at radius 3 is 2.47 bits per heavy atom. The molecule has 1 rings (SSSR count). The van der Waals surface area contributed by atoms with Crippen LogP contribution in [0.3, 0.4) is 0 Å². The standard InChI is InChI=1S/C11H12FNO2/c1-7(6-13)11-9(12)4-8(14-2)5-10(11)15-3/h4-5,7H,1-3H3. The Morgan fingerprint density at radius 2 is 2.00 bits per heavy atom. The van der Waals surface area contributed by atoms with Crippen LogP contribution in [0.5, 0.6) is 11.5 Å². The molecule has 4 heteroatoms. The molecule has 0 saturated carbocycles. The smallest absolute Gasteiger partial charge is 0.135 e. The van der Waals surface area contributed by atoms with Crippen molar-refractivity contribution < 1.29 is 13.9 Å². The fourth-order valence-corrected chi connectivity index (χ4v) is 1.34. The van der Waals surface area contributed by atoms with E-state index in [0.717, 1.165) is 0 Å². The Kier molecular flexibility index (Phi) is 3.51. The number of nitrogens with zero attached hydrogens (tertiary/aromatic N) is 1. The molecule has 0 fully saturated rings. The SMILES string of the molecule is COc1cc(F)c(C(C)C#N)c(OC)c1. The zero-order chi connectivity index (χ0) is 11.4. The lowest BCUT2D eigenvalue weighted by molar-refractivity contribution is 0.383. The monoisotopic (exact) mass is 209 g/mol. The van der Waals surface area contributed by atoms with Crippen molar-refractivity contribution in [1.29, 1.82) is 5.26 Å². The molecule has 0 aliphatic heterocycles. The molecule has 0 spiro atoms. The van der Waals surface area contributed by atoms with E-state index in [1.807, 2.05) is 6.07 Å². The van der Waals surface area contributed by atoms with E-state index >= 15 is 0 Å². The molecule has 15 heavy (non-hydrogen) atoms. The van der Waals surface area contributed by atoms with Gasteiger partial charge in [0, 0.05) is 17.7 Å². The molecule has 0 aromatic heterocycles. The van der Waals surface area contributed by atoms with Gasteiger partial charge in [-0.15, -0.1) is 0 Å². The highest BCUT2D eigenvalue weighted by molar-refractivity contribution is 5.45. The second-order valence-electron chi connectivity index (χ2n) is 3.08. The van der Waals surface area contributed by atoms with E-state index in [-0.39, 0.29) is 5.56 Å². The van der Waals surface area contributed by atoms with Gasteiger partial charge in [0.2, 0.25) is 0 Å². The van der Waals surface area contributed by atoms with Gasteiger partial charge in [0.25, 0.3) is 0 Å². The topological polar surface area (TPSA) is 42.2 Å². The fourth-order valence-electron chi connectivity index (χ4n) is 1.34. The summed E-state index contributed by atoms with van der Waals surface area (Å²) < 4.78 is 23.5. The highest BCUT2D eigenvalue weighted by Gasteiger charge is 2.17. The van der Waals surface area contributed by atoms with Crippen molar-refractivity contribution in [2.75, 3.05) is 14.2 Å². The van der Waals surface area contributed by atoms with Crippen molar-refractivity contribution in [2.24, 2.45) is 0 Å². The van der Waals surface area contributed by atoms with Gasteiger partial charge in [0.05, 0.1) is 26.2 Å². The van der Waals surface area contributed by atoms with Crippen LogP contribution in [0.4, 0.5) is 4.39 Å². The molecule has 0 heterocycles. The molecule has 0 saturated heterocycles. The maximum atomic E-state index is 13.6. The number of hydrogen-bond donors (Lipinski definition) is 0. The molecule has 0 aliphatic carbocycles. The summed E-state index contributed by atoms with van der Waals surface area (Å²) in [6.07, 6.45) is 0.